The summed E-state index contributed by atoms with van der Waals surface area (Å²) in [5.74, 6) is 0.316. The first-order valence-corrected chi connectivity index (χ1v) is 11.6. The third-order valence-electron chi connectivity index (χ3n) is 5.46. The molecule has 1 aliphatic carbocycles. The van der Waals surface area contributed by atoms with Crippen LogP contribution in [0.1, 0.15) is 31.4 Å². The van der Waals surface area contributed by atoms with Crippen molar-refractivity contribution < 1.29 is 22.4 Å². The van der Waals surface area contributed by atoms with Crippen LogP contribution in [-0.2, 0) is 26.2 Å². The van der Waals surface area contributed by atoms with Crippen LogP contribution in [0.15, 0.2) is 52.0 Å². The number of sulfonamides is 1. The molecule has 1 saturated heterocycles. The van der Waals surface area contributed by atoms with Crippen LogP contribution < -0.4 is 10.0 Å². The number of rotatable bonds is 7. The SMILES string of the molecule is O=C(Nc1cccc(S(=O)(=O)NCc2ccco2)c1)C1CCCN(C(=O)C2CC2)C1. The fraction of sp³-hybridized carbons (Fsp3) is 0.429. The van der Waals surface area contributed by atoms with Crippen LogP contribution in [0.3, 0.4) is 0 Å². The molecule has 1 aromatic heterocycles. The Kier molecular flexibility index (Phi) is 5.92. The van der Waals surface area contributed by atoms with Crippen molar-refractivity contribution in [2.24, 2.45) is 11.8 Å². The van der Waals surface area contributed by atoms with Crippen molar-refractivity contribution in [1.82, 2.24) is 9.62 Å². The van der Waals surface area contributed by atoms with Crippen LogP contribution in [0.2, 0.25) is 0 Å². The number of hydrogen-bond acceptors (Lipinski definition) is 5. The van der Waals surface area contributed by atoms with E-state index in [2.05, 4.69) is 10.0 Å². The highest BCUT2D eigenvalue weighted by Crippen LogP contribution is 2.32. The van der Waals surface area contributed by atoms with E-state index in [0.717, 1.165) is 19.3 Å². The van der Waals surface area contributed by atoms with Gasteiger partial charge in [0.1, 0.15) is 5.76 Å². The van der Waals surface area contributed by atoms with E-state index in [1.807, 2.05) is 0 Å². The molecule has 1 aromatic carbocycles. The van der Waals surface area contributed by atoms with E-state index in [4.69, 9.17) is 4.42 Å². The molecule has 2 fully saturated rings. The molecule has 9 heteroatoms. The minimum absolute atomic E-state index is 0.0405. The summed E-state index contributed by atoms with van der Waals surface area (Å²) in [5, 5.41) is 2.81. The molecule has 2 aliphatic rings. The third kappa shape index (κ3) is 4.91. The van der Waals surface area contributed by atoms with E-state index in [-0.39, 0.29) is 35.1 Å². The van der Waals surface area contributed by atoms with Gasteiger partial charge in [0.2, 0.25) is 21.8 Å². The van der Waals surface area contributed by atoms with Crippen molar-refractivity contribution in [2.75, 3.05) is 18.4 Å². The molecule has 0 spiro atoms. The number of nitrogens with one attached hydrogen (secondary N) is 2. The minimum atomic E-state index is -3.76. The van der Waals surface area contributed by atoms with Crippen LogP contribution in [0, 0.1) is 11.8 Å². The molecule has 2 aromatic rings. The van der Waals surface area contributed by atoms with E-state index < -0.39 is 10.0 Å². The molecule has 8 nitrogen and oxygen atoms in total. The number of carbonyl (C=O) groups excluding carboxylic acids is 2. The molecule has 1 atom stereocenters. The Balaban J connectivity index is 1.38. The average molecular weight is 432 g/mol. The lowest BCUT2D eigenvalue weighted by Crippen LogP contribution is -2.44. The molecule has 30 heavy (non-hydrogen) atoms. The zero-order valence-corrected chi connectivity index (χ0v) is 17.4. The lowest BCUT2D eigenvalue weighted by Gasteiger charge is -2.32. The van der Waals surface area contributed by atoms with Crippen LogP contribution in [0.25, 0.3) is 0 Å². The van der Waals surface area contributed by atoms with E-state index in [0.29, 0.717) is 31.0 Å². The molecule has 1 saturated carbocycles. The summed E-state index contributed by atoms with van der Waals surface area (Å²) in [4.78, 5) is 26.9. The number of hydrogen-bond donors (Lipinski definition) is 2. The van der Waals surface area contributed by atoms with Crippen LogP contribution in [-0.4, -0.2) is 38.2 Å². The number of carbonyl (C=O) groups is 2. The maximum atomic E-state index is 12.7. The molecule has 4 rings (SSSR count). The summed E-state index contributed by atoms with van der Waals surface area (Å²) in [5.41, 5.74) is 0.409. The number of piperidine rings is 1. The molecule has 2 N–H and O–H groups in total. The number of furan rings is 1. The Bertz CT molecular complexity index is 1020. The second kappa shape index (κ2) is 8.61. The van der Waals surface area contributed by atoms with Gasteiger partial charge < -0.3 is 14.6 Å². The summed E-state index contributed by atoms with van der Waals surface area (Å²) in [7, 11) is -3.76. The highest BCUT2D eigenvalue weighted by molar-refractivity contribution is 7.89. The fourth-order valence-corrected chi connectivity index (χ4v) is 4.67. The molecule has 1 unspecified atom stereocenters. The Morgan fingerprint density at radius 2 is 1.93 bits per heavy atom. The fourth-order valence-electron chi connectivity index (χ4n) is 3.63. The summed E-state index contributed by atoms with van der Waals surface area (Å²) in [6, 6.07) is 9.50. The lowest BCUT2D eigenvalue weighted by molar-refractivity contribution is -0.135. The van der Waals surface area contributed by atoms with Gasteiger partial charge in [-0.05, 0) is 56.0 Å². The number of anilines is 1. The Morgan fingerprint density at radius 1 is 1.10 bits per heavy atom. The standard InChI is InChI=1S/C21H25N3O5S/c25-20(16-4-2-10-24(14-16)21(26)15-8-9-15)23-17-5-1-7-19(12-17)30(27,28)22-13-18-6-3-11-29-18/h1,3,5-7,11-12,15-16,22H,2,4,8-10,13-14H2,(H,23,25). The van der Waals surface area contributed by atoms with Gasteiger partial charge >= 0.3 is 0 Å². The second-order valence-electron chi connectivity index (χ2n) is 7.82. The number of nitrogens with zero attached hydrogens (tertiary/aromatic N) is 1. The van der Waals surface area contributed by atoms with E-state index in [9.17, 15) is 18.0 Å². The van der Waals surface area contributed by atoms with Crippen molar-refractivity contribution in [1.29, 1.82) is 0 Å². The summed E-state index contributed by atoms with van der Waals surface area (Å²) < 4.78 is 32.7. The zero-order valence-electron chi connectivity index (χ0n) is 16.5. The first-order chi connectivity index (χ1) is 14.4. The molecule has 2 heterocycles. The van der Waals surface area contributed by atoms with E-state index in [1.165, 1.54) is 18.4 Å². The highest BCUT2D eigenvalue weighted by atomic mass is 32.2. The number of likely N-dealkylation sites (tertiary alicyclic amines) is 1. The van der Waals surface area contributed by atoms with E-state index >= 15 is 0 Å². The van der Waals surface area contributed by atoms with Crippen LogP contribution in [0.5, 0.6) is 0 Å². The van der Waals surface area contributed by atoms with Crippen molar-refractivity contribution >= 4 is 27.5 Å². The lowest BCUT2D eigenvalue weighted by atomic mass is 9.96. The van der Waals surface area contributed by atoms with E-state index in [1.54, 1.807) is 29.2 Å². The Hall–Kier alpha value is -2.65. The van der Waals surface area contributed by atoms with Gasteiger partial charge in [-0.2, -0.15) is 0 Å². The van der Waals surface area contributed by atoms with Gasteiger partial charge in [-0.15, -0.1) is 0 Å². The van der Waals surface area contributed by atoms with Crippen LogP contribution >= 0.6 is 0 Å². The minimum Gasteiger partial charge on any atom is -0.468 e. The summed E-state index contributed by atoms with van der Waals surface area (Å²) in [6.45, 7) is 1.16. The second-order valence-corrected chi connectivity index (χ2v) is 9.59. The molecule has 160 valence electrons. The Labute approximate surface area is 175 Å². The first kappa shape index (κ1) is 20.6. The smallest absolute Gasteiger partial charge is 0.241 e. The monoisotopic (exact) mass is 431 g/mol. The predicted molar refractivity (Wildman–Crippen MR) is 110 cm³/mol. The molecule has 2 amide bonds. The maximum Gasteiger partial charge on any atom is 0.241 e. The maximum absolute atomic E-state index is 12.7. The largest absolute Gasteiger partial charge is 0.468 e. The van der Waals surface area contributed by atoms with Crippen LogP contribution in [0.4, 0.5) is 5.69 Å². The highest BCUT2D eigenvalue weighted by Gasteiger charge is 2.36. The van der Waals surface area contributed by atoms with Gasteiger partial charge in [0.05, 0.1) is 23.6 Å². The molecule has 0 radical (unpaired) electrons. The molecule has 1 aliphatic heterocycles. The van der Waals surface area contributed by atoms with Crippen molar-refractivity contribution in [3.63, 3.8) is 0 Å². The quantitative estimate of drug-likeness (QED) is 0.700. The molecule has 0 bridgehead atoms. The zero-order chi connectivity index (χ0) is 21.1. The van der Waals surface area contributed by atoms with Gasteiger partial charge in [0.25, 0.3) is 0 Å². The summed E-state index contributed by atoms with van der Waals surface area (Å²) in [6.07, 6.45) is 4.87. The topological polar surface area (TPSA) is 109 Å². The average Bonchev–Trinajstić information content (AvgIpc) is 3.47. The molecular weight excluding hydrogens is 406 g/mol. The van der Waals surface area contributed by atoms with Gasteiger partial charge in [0.15, 0.2) is 0 Å². The van der Waals surface area contributed by atoms with Crippen molar-refractivity contribution in [2.45, 2.75) is 37.1 Å². The normalized spacial score (nSPS) is 19.5. The third-order valence-corrected chi connectivity index (χ3v) is 6.86. The van der Waals surface area contributed by atoms with Crippen molar-refractivity contribution in [3.8, 4) is 0 Å². The van der Waals surface area contributed by atoms with Crippen molar-refractivity contribution in [3.05, 3.63) is 48.4 Å². The van der Waals surface area contributed by atoms with Gasteiger partial charge in [-0.1, -0.05) is 6.07 Å². The molecular formula is C21H25N3O5S. The van der Waals surface area contributed by atoms with Gasteiger partial charge in [-0.25, -0.2) is 13.1 Å². The number of benzene rings is 1. The summed E-state index contributed by atoms with van der Waals surface area (Å²) >= 11 is 0. The Morgan fingerprint density at radius 3 is 2.67 bits per heavy atom. The number of amides is 2. The van der Waals surface area contributed by atoms with Gasteiger partial charge in [0, 0.05) is 24.7 Å². The first-order valence-electron chi connectivity index (χ1n) is 10.1. The predicted octanol–water partition coefficient (Wildman–Crippen LogP) is 2.35. The van der Waals surface area contributed by atoms with Gasteiger partial charge in [-0.3, -0.25) is 9.59 Å².